The van der Waals surface area contributed by atoms with Crippen LogP contribution in [0, 0.1) is 20.8 Å². The standard InChI is InChI=1S/C16H20N2O2S/c1-10-5-6-15(7-11(10)2)20-12(3)16(19)17-8-14-9-21-13(4)18-14/h5-7,9,12H,8H2,1-4H3,(H,17,19)/t12-/m1/s1. The van der Waals surface area contributed by atoms with Gasteiger partial charge in [-0.15, -0.1) is 11.3 Å². The van der Waals surface area contributed by atoms with E-state index in [1.807, 2.05) is 44.4 Å². The van der Waals surface area contributed by atoms with E-state index in [0.717, 1.165) is 16.3 Å². The van der Waals surface area contributed by atoms with Gasteiger partial charge in [0.25, 0.3) is 5.91 Å². The van der Waals surface area contributed by atoms with Gasteiger partial charge in [-0.3, -0.25) is 4.79 Å². The summed E-state index contributed by atoms with van der Waals surface area (Å²) in [5.41, 5.74) is 3.24. The van der Waals surface area contributed by atoms with Gasteiger partial charge in [0.2, 0.25) is 0 Å². The molecule has 1 N–H and O–H groups in total. The molecule has 112 valence electrons. The smallest absolute Gasteiger partial charge is 0.261 e. The van der Waals surface area contributed by atoms with Crippen molar-refractivity contribution in [2.75, 3.05) is 0 Å². The molecule has 0 saturated carbocycles. The van der Waals surface area contributed by atoms with E-state index < -0.39 is 6.10 Å². The lowest BCUT2D eigenvalue weighted by atomic mass is 10.1. The Morgan fingerprint density at radius 2 is 2.10 bits per heavy atom. The lowest BCUT2D eigenvalue weighted by Gasteiger charge is -2.15. The van der Waals surface area contributed by atoms with E-state index in [-0.39, 0.29) is 5.91 Å². The van der Waals surface area contributed by atoms with Crippen LogP contribution >= 0.6 is 11.3 Å². The molecule has 0 aliphatic heterocycles. The van der Waals surface area contributed by atoms with Gasteiger partial charge in [-0.2, -0.15) is 0 Å². The average Bonchev–Trinajstić information content (AvgIpc) is 2.86. The van der Waals surface area contributed by atoms with Crippen molar-refractivity contribution < 1.29 is 9.53 Å². The molecule has 2 aromatic rings. The predicted octanol–water partition coefficient (Wildman–Crippen LogP) is 3.15. The number of amides is 1. The van der Waals surface area contributed by atoms with E-state index in [2.05, 4.69) is 10.3 Å². The van der Waals surface area contributed by atoms with E-state index >= 15 is 0 Å². The number of benzene rings is 1. The number of carbonyl (C=O) groups excluding carboxylic acids is 1. The largest absolute Gasteiger partial charge is 0.481 e. The number of nitrogens with zero attached hydrogens (tertiary/aromatic N) is 1. The Bertz CT molecular complexity index is 637. The molecule has 21 heavy (non-hydrogen) atoms. The summed E-state index contributed by atoms with van der Waals surface area (Å²) in [6, 6.07) is 5.83. The number of hydrogen-bond acceptors (Lipinski definition) is 4. The number of thiazole rings is 1. The fraction of sp³-hybridized carbons (Fsp3) is 0.375. The summed E-state index contributed by atoms with van der Waals surface area (Å²) in [5, 5.41) is 5.79. The molecule has 1 atom stereocenters. The highest BCUT2D eigenvalue weighted by Crippen LogP contribution is 2.17. The second-order valence-electron chi connectivity index (χ2n) is 5.08. The van der Waals surface area contributed by atoms with Gasteiger partial charge >= 0.3 is 0 Å². The summed E-state index contributed by atoms with van der Waals surface area (Å²) in [5.74, 6) is 0.573. The van der Waals surface area contributed by atoms with Crippen molar-refractivity contribution in [2.24, 2.45) is 0 Å². The molecule has 2 rings (SSSR count). The van der Waals surface area contributed by atoms with Gasteiger partial charge in [-0.1, -0.05) is 6.07 Å². The van der Waals surface area contributed by atoms with Crippen molar-refractivity contribution in [1.29, 1.82) is 0 Å². The zero-order chi connectivity index (χ0) is 15.4. The van der Waals surface area contributed by atoms with Gasteiger partial charge in [0, 0.05) is 5.38 Å². The molecular formula is C16H20N2O2S. The zero-order valence-corrected chi connectivity index (χ0v) is 13.6. The molecule has 0 aliphatic carbocycles. The highest BCUT2D eigenvalue weighted by molar-refractivity contribution is 7.09. The molecule has 1 aromatic carbocycles. The van der Waals surface area contributed by atoms with E-state index in [0.29, 0.717) is 12.3 Å². The summed E-state index contributed by atoms with van der Waals surface area (Å²) in [6.45, 7) is 8.20. The highest BCUT2D eigenvalue weighted by Gasteiger charge is 2.15. The van der Waals surface area contributed by atoms with Crippen molar-refractivity contribution in [3.63, 3.8) is 0 Å². The molecule has 0 aliphatic rings. The third kappa shape index (κ3) is 4.29. The SMILES string of the molecule is Cc1nc(CNC(=O)[C@@H](C)Oc2ccc(C)c(C)c2)cs1. The Labute approximate surface area is 129 Å². The van der Waals surface area contributed by atoms with Crippen LogP contribution in [0.1, 0.15) is 28.8 Å². The summed E-state index contributed by atoms with van der Waals surface area (Å²) in [7, 11) is 0. The lowest BCUT2D eigenvalue weighted by Crippen LogP contribution is -2.36. The van der Waals surface area contributed by atoms with Crippen LogP contribution in [0.2, 0.25) is 0 Å². The van der Waals surface area contributed by atoms with Gasteiger partial charge < -0.3 is 10.1 Å². The second kappa shape index (κ2) is 6.72. The van der Waals surface area contributed by atoms with Crippen molar-refractivity contribution >= 4 is 17.2 Å². The fourth-order valence-corrected chi connectivity index (χ4v) is 2.47. The Balaban J connectivity index is 1.88. The number of carbonyl (C=O) groups is 1. The van der Waals surface area contributed by atoms with Gasteiger partial charge in [0.1, 0.15) is 5.75 Å². The van der Waals surface area contributed by atoms with Crippen LogP contribution in [0.4, 0.5) is 0 Å². The summed E-state index contributed by atoms with van der Waals surface area (Å²) >= 11 is 1.58. The molecule has 5 heteroatoms. The monoisotopic (exact) mass is 304 g/mol. The lowest BCUT2D eigenvalue weighted by molar-refractivity contribution is -0.127. The van der Waals surface area contributed by atoms with Gasteiger partial charge in [-0.25, -0.2) is 4.98 Å². The predicted molar refractivity (Wildman–Crippen MR) is 84.7 cm³/mol. The van der Waals surface area contributed by atoms with E-state index in [1.165, 1.54) is 5.56 Å². The van der Waals surface area contributed by atoms with Crippen molar-refractivity contribution in [2.45, 2.75) is 40.3 Å². The van der Waals surface area contributed by atoms with Crippen LogP contribution in [0.3, 0.4) is 0 Å². The maximum atomic E-state index is 12.0. The van der Waals surface area contributed by atoms with Crippen LogP contribution in [0.25, 0.3) is 0 Å². The molecule has 0 radical (unpaired) electrons. The number of ether oxygens (including phenoxy) is 1. The first-order chi connectivity index (χ1) is 9.95. The quantitative estimate of drug-likeness (QED) is 0.923. The van der Waals surface area contributed by atoms with Gasteiger partial charge in [0.05, 0.1) is 17.2 Å². The maximum Gasteiger partial charge on any atom is 0.261 e. The summed E-state index contributed by atoms with van der Waals surface area (Å²) in [6.07, 6.45) is -0.535. The Hall–Kier alpha value is -1.88. The van der Waals surface area contributed by atoms with Gasteiger partial charge in [0.15, 0.2) is 6.10 Å². The molecule has 1 heterocycles. The minimum atomic E-state index is -0.535. The topological polar surface area (TPSA) is 51.2 Å². The van der Waals surface area contributed by atoms with Crippen LogP contribution in [-0.2, 0) is 11.3 Å². The molecule has 0 unspecified atom stereocenters. The third-order valence-corrected chi connectivity index (χ3v) is 4.09. The third-order valence-electron chi connectivity index (χ3n) is 3.27. The first-order valence-corrected chi connectivity index (χ1v) is 7.76. The Morgan fingerprint density at radius 3 is 2.71 bits per heavy atom. The normalized spacial score (nSPS) is 12.0. The van der Waals surface area contributed by atoms with E-state index in [9.17, 15) is 4.79 Å². The first-order valence-electron chi connectivity index (χ1n) is 6.88. The molecular weight excluding hydrogens is 284 g/mol. The maximum absolute atomic E-state index is 12.0. The molecule has 0 saturated heterocycles. The summed E-state index contributed by atoms with van der Waals surface area (Å²) in [4.78, 5) is 16.3. The minimum absolute atomic E-state index is 0.140. The Morgan fingerprint density at radius 1 is 1.33 bits per heavy atom. The zero-order valence-electron chi connectivity index (χ0n) is 12.8. The molecule has 0 bridgehead atoms. The van der Waals surface area contributed by atoms with Crippen LogP contribution in [0.15, 0.2) is 23.6 Å². The number of aromatic nitrogens is 1. The molecule has 0 fully saturated rings. The van der Waals surface area contributed by atoms with Crippen molar-refractivity contribution in [3.05, 3.63) is 45.4 Å². The molecule has 0 spiro atoms. The number of rotatable bonds is 5. The average molecular weight is 304 g/mol. The fourth-order valence-electron chi connectivity index (χ4n) is 1.86. The Kier molecular flexibility index (Phi) is 4.96. The number of hydrogen-bond donors (Lipinski definition) is 1. The number of aryl methyl sites for hydroxylation is 3. The van der Waals surface area contributed by atoms with Crippen LogP contribution in [0.5, 0.6) is 5.75 Å². The molecule has 1 amide bonds. The van der Waals surface area contributed by atoms with Crippen molar-refractivity contribution in [1.82, 2.24) is 10.3 Å². The van der Waals surface area contributed by atoms with Gasteiger partial charge in [-0.05, 0) is 51.0 Å². The highest BCUT2D eigenvalue weighted by atomic mass is 32.1. The van der Waals surface area contributed by atoms with Crippen molar-refractivity contribution in [3.8, 4) is 5.75 Å². The summed E-state index contributed by atoms with van der Waals surface area (Å²) < 4.78 is 5.68. The minimum Gasteiger partial charge on any atom is -0.481 e. The first kappa shape index (κ1) is 15.5. The number of nitrogens with one attached hydrogen (secondary N) is 1. The second-order valence-corrected chi connectivity index (χ2v) is 6.14. The molecule has 4 nitrogen and oxygen atoms in total. The molecule has 1 aromatic heterocycles. The van der Waals surface area contributed by atoms with E-state index in [4.69, 9.17) is 4.74 Å². The van der Waals surface area contributed by atoms with Crippen LogP contribution in [-0.4, -0.2) is 17.0 Å². The van der Waals surface area contributed by atoms with E-state index in [1.54, 1.807) is 18.3 Å². The van der Waals surface area contributed by atoms with Crippen LogP contribution < -0.4 is 10.1 Å².